The average Bonchev–Trinajstić information content (AvgIpc) is 3.20. The highest BCUT2D eigenvalue weighted by Crippen LogP contribution is 2.49. The third-order valence-electron chi connectivity index (χ3n) is 7.26. The van der Waals surface area contributed by atoms with Crippen LogP contribution in [0, 0.1) is 12.3 Å². The maximum absolute atomic E-state index is 6.33. The maximum Gasteiger partial charge on any atom is 0.216 e. The summed E-state index contributed by atoms with van der Waals surface area (Å²) in [5.41, 5.74) is 1.95. The Morgan fingerprint density at radius 3 is 2.55 bits per heavy atom. The molecular formula is C25H38N4O2. The van der Waals surface area contributed by atoms with Gasteiger partial charge in [-0.15, -0.1) is 0 Å². The lowest BCUT2D eigenvalue weighted by atomic mass is 9.69. The molecule has 6 heteroatoms. The molecule has 6 nitrogen and oxygen atoms in total. The summed E-state index contributed by atoms with van der Waals surface area (Å²) in [7, 11) is 1.64. The Labute approximate surface area is 187 Å². The van der Waals surface area contributed by atoms with Crippen LogP contribution in [0.1, 0.15) is 64.5 Å². The number of nitrogens with zero attached hydrogens (tertiary/aromatic N) is 4. The van der Waals surface area contributed by atoms with E-state index in [2.05, 4.69) is 66.6 Å². The normalized spacial score (nSPS) is 20.2. The van der Waals surface area contributed by atoms with E-state index in [9.17, 15) is 0 Å². The Bertz CT molecular complexity index is 866. The van der Waals surface area contributed by atoms with Gasteiger partial charge in [0.15, 0.2) is 0 Å². The summed E-state index contributed by atoms with van der Waals surface area (Å²) < 4.78 is 11.6. The second kappa shape index (κ2) is 9.21. The van der Waals surface area contributed by atoms with Gasteiger partial charge in [-0.25, -0.2) is 4.98 Å². The van der Waals surface area contributed by atoms with Crippen LogP contribution in [0.4, 0.5) is 0 Å². The molecule has 31 heavy (non-hydrogen) atoms. The van der Waals surface area contributed by atoms with Crippen LogP contribution in [0.3, 0.4) is 0 Å². The Balaban J connectivity index is 1.85. The van der Waals surface area contributed by atoms with Gasteiger partial charge in [0.25, 0.3) is 0 Å². The number of pyridine rings is 1. The van der Waals surface area contributed by atoms with Crippen molar-refractivity contribution in [3.63, 3.8) is 0 Å². The molecule has 170 valence electrons. The van der Waals surface area contributed by atoms with Gasteiger partial charge >= 0.3 is 0 Å². The SMILES string of the molecule is CCOC(C)(C)[C@@]1(CCc2nccc(OC)n2)CCN(C(C)(C)c2ccc(C)nc2)C1. The van der Waals surface area contributed by atoms with Gasteiger partial charge in [-0.3, -0.25) is 9.88 Å². The molecule has 2 aromatic rings. The van der Waals surface area contributed by atoms with Crippen LogP contribution in [-0.4, -0.2) is 52.3 Å². The molecule has 0 saturated carbocycles. The van der Waals surface area contributed by atoms with Crippen LogP contribution in [-0.2, 0) is 16.7 Å². The maximum atomic E-state index is 6.33. The number of aryl methyl sites for hydroxylation is 2. The third-order valence-corrected chi connectivity index (χ3v) is 7.26. The summed E-state index contributed by atoms with van der Waals surface area (Å²) in [4.78, 5) is 16.1. The summed E-state index contributed by atoms with van der Waals surface area (Å²) >= 11 is 0. The van der Waals surface area contributed by atoms with Gasteiger partial charge in [-0.2, -0.15) is 4.98 Å². The molecule has 0 aliphatic carbocycles. The van der Waals surface area contributed by atoms with E-state index in [1.54, 1.807) is 19.4 Å². The smallest absolute Gasteiger partial charge is 0.216 e. The summed E-state index contributed by atoms with van der Waals surface area (Å²) in [6.07, 6.45) is 6.63. The minimum Gasteiger partial charge on any atom is -0.481 e. The van der Waals surface area contributed by atoms with Gasteiger partial charge in [0.05, 0.1) is 12.7 Å². The molecule has 0 N–H and O–H groups in total. The molecule has 1 aliphatic rings. The van der Waals surface area contributed by atoms with E-state index in [4.69, 9.17) is 9.47 Å². The van der Waals surface area contributed by atoms with Gasteiger partial charge in [0, 0.05) is 54.7 Å². The first-order valence-corrected chi connectivity index (χ1v) is 11.3. The molecule has 1 saturated heterocycles. The van der Waals surface area contributed by atoms with Gasteiger partial charge in [-0.1, -0.05) is 6.07 Å². The van der Waals surface area contributed by atoms with Crippen molar-refractivity contribution in [3.05, 3.63) is 47.7 Å². The van der Waals surface area contributed by atoms with Crippen LogP contribution in [0.15, 0.2) is 30.6 Å². The van der Waals surface area contributed by atoms with Crippen molar-refractivity contribution in [2.45, 2.75) is 71.9 Å². The van der Waals surface area contributed by atoms with Crippen LogP contribution in [0.2, 0.25) is 0 Å². The molecular weight excluding hydrogens is 388 g/mol. The highest BCUT2D eigenvalue weighted by atomic mass is 16.5. The molecule has 0 unspecified atom stereocenters. The Morgan fingerprint density at radius 2 is 1.90 bits per heavy atom. The van der Waals surface area contributed by atoms with Crippen molar-refractivity contribution in [2.75, 3.05) is 26.8 Å². The van der Waals surface area contributed by atoms with Crippen molar-refractivity contribution in [1.29, 1.82) is 0 Å². The molecule has 0 aromatic carbocycles. The number of rotatable bonds is 9. The molecule has 1 atom stereocenters. The number of hydrogen-bond acceptors (Lipinski definition) is 6. The van der Waals surface area contributed by atoms with E-state index in [1.165, 1.54) is 5.56 Å². The quantitative estimate of drug-likeness (QED) is 0.586. The van der Waals surface area contributed by atoms with Crippen molar-refractivity contribution in [2.24, 2.45) is 5.41 Å². The van der Waals surface area contributed by atoms with Gasteiger partial charge in [0.1, 0.15) is 5.82 Å². The minimum absolute atomic E-state index is 0.00480. The molecule has 0 amide bonds. The van der Waals surface area contributed by atoms with Crippen LogP contribution in [0.25, 0.3) is 0 Å². The number of methoxy groups -OCH3 is 1. The number of aromatic nitrogens is 3. The zero-order chi connectivity index (χ0) is 22.7. The van der Waals surface area contributed by atoms with Gasteiger partial charge in [0.2, 0.25) is 5.88 Å². The molecule has 0 spiro atoms. The van der Waals surface area contributed by atoms with Crippen LogP contribution >= 0.6 is 0 Å². The van der Waals surface area contributed by atoms with E-state index in [-0.39, 0.29) is 16.6 Å². The Hall–Kier alpha value is -2.05. The zero-order valence-electron chi connectivity index (χ0n) is 20.2. The van der Waals surface area contributed by atoms with E-state index in [0.717, 1.165) is 43.9 Å². The number of hydrogen-bond donors (Lipinski definition) is 0. The van der Waals surface area contributed by atoms with Gasteiger partial charge < -0.3 is 9.47 Å². The highest BCUT2D eigenvalue weighted by Gasteiger charge is 2.52. The molecule has 1 fully saturated rings. The van der Waals surface area contributed by atoms with Crippen molar-refractivity contribution in [1.82, 2.24) is 19.9 Å². The fraction of sp³-hybridized carbons (Fsp3) is 0.640. The van der Waals surface area contributed by atoms with E-state index >= 15 is 0 Å². The van der Waals surface area contributed by atoms with Crippen molar-refractivity contribution in [3.8, 4) is 5.88 Å². The largest absolute Gasteiger partial charge is 0.481 e. The number of ether oxygens (including phenoxy) is 2. The highest BCUT2D eigenvalue weighted by molar-refractivity contribution is 5.22. The summed E-state index contributed by atoms with van der Waals surface area (Å²) in [5.74, 6) is 1.44. The predicted molar refractivity (Wildman–Crippen MR) is 123 cm³/mol. The lowest BCUT2D eigenvalue weighted by Crippen LogP contribution is -2.50. The lowest BCUT2D eigenvalue weighted by Gasteiger charge is -2.45. The zero-order valence-corrected chi connectivity index (χ0v) is 20.2. The topological polar surface area (TPSA) is 60.4 Å². The predicted octanol–water partition coefficient (Wildman–Crippen LogP) is 4.56. The molecule has 3 heterocycles. The fourth-order valence-corrected chi connectivity index (χ4v) is 4.84. The second-order valence-corrected chi connectivity index (χ2v) is 9.66. The summed E-state index contributed by atoms with van der Waals surface area (Å²) in [6, 6.07) is 6.10. The molecule has 2 aromatic heterocycles. The summed E-state index contributed by atoms with van der Waals surface area (Å²) in [5, 5.41) is 0. The molecule has 1 aliphatic heterocycles. The molecule has 0 radical (unpaired) electrons. The fourth-order valence-electron chi connectivity index (χ4n) is 4.84. The number of likely N-dealkylation sites (tertiary alicyclic amines) is 1. The first-order chi connectivity index (χ1) is 14.6. The lowest BCUT2D eigenvalue weighted by molar-refractivity contribution is -0.109. The average molecular weight is 427 g/mol. The van der Waals surface area contributed by atoms with E-state index in [1.807, 2.05) is 13.1 Å². The van der Waals surface area contributed by atoms with Crippen LogP contribution in [0.5, 0.6) is 5.88 Å². The third kappa shape index (κ3) is 4.90. The first-order valence-electron chi connectivity index (χ1n) is 11.3. The second-order valence-electron chi connectivity index (χ2n) is 9.66. The standard InChI is InChI=1S/C25H38N4O2/c1-8-31-24(5,6)25(13-11-21-26-15-12-22(28-21)30-7)14-16-29(18-25)23(3,4)20-10-9-19(2)27-17-20/h9-10,12,15,17H,8,11,13-14,16,18H2,1-7H3/t25-/m0/s1. The van der Waals surface area contributed by atoms with E-state index in [0.29, 0.717) is 12.5 Å². The van der Waals surface area contributed by atoms with Crippen molar-refractivity contribution >= 4 is 0 Å². The first kappa shape index (κ1) is 23.6. The molecule has 3 rings (SSSR count). The van der Waals surface area contributed by atoms with Crippen LogP contribution < -0.4 is 4.74 Å². The minimum atomic E-state index is -0.253. The van der Waals surface area contributed by atoms with Gasteiger partial charge in [-0.05, 0) is 72.6 Å². The Kier molecular flexibility index (Phi) is 7.01. The summed E-state index contributed by atoms with van der Waals surface area (Å²) in [6.45, 7) is 15.9. The monoisotopic (exact) mass is 426 g/mol. The van der Waals surface area contributed by atoms with Crippen molar-refractivity contribution < 1.29 is 9.47 Å². The molecule has 0 bridgehead atoms. The Morgan fingerprint density at radius 1 is 1.13 bits per heavy atom. The van der Waals surface area contributed by atoms with E-state index < -0.39 is 0 Å².